The highest BCUT2D eigenvalue weighted by atomic mass is 15.4. The van der Waals surface area contributed by atoms with Crippen molar-refractivity contribution in [2.75, 3.05) is 5.73 Å². The van der Waals surface area contributed by atoms with E-state index in [1.54, 1.807) is 10.9 Å². The molecule has 0 bridgehead atoms. The smallest absolute Gasteiger partial charge is 0.158 e. The molecule has 0 saturated carbocycles. The lowest BCUT2D eigenvalue weighted by atomic mass is 10.2. The molecule has 0 saturated heterocycles. The zero-order chi connectivity index (χ0) is 11.0. The van der Waals surface area contributed by atoms with E-state index in [0.717, 1.165) is 23.0 Å². The molecule has 0 unspecified atom stereocenters. The summed E-state index contributed by atoms with van der Waals surface area (Å²) in [5, 5.41) is 4.27. The number of nitrogens with two attached hydrogens (primary N) is 1. The maximum atomic E-state index is 5.64. The summed E-state index contributed by atoms with van der Waals surface area (Å²) in [6.07, 6.45) is 1.62. The number of hydrogen-bond donors (Lipinski definition) is 1. The molecule has 0 aliphatic heterocycles. The third-order valence-electron chi connectivity index (χ3n) is 2.15. The number of nitrogens with zero attached hydrogens (tertiary/aromatic N) is 4. The van der Waals surface area contributed by atoms with Gasteiger partial charge in [-0.2, -0.15) is 4.68 Å². The second-order valence-electron chi connectivity index (χ2n) is 3.53. The van der Waals surface area contributed by atoms with Crippen molar-refractivity contribution >= 4 is 5.69 Å². The molecule has 0 atom stereocenters. The van der Waals surface area contributed by atoms with Gasteiger partial charge in [0.1, 0.15) is 11.6 Å². The first-order chi connectivity index (χ1) is 7.08. The van der Waals surface area contributed by atoms with Crippen LogP contribution in [0.1, 0.15) is 17.2 Å². The standard InChI is InChI=1S/C10H13N5/c1-6-4-9(11)5-12-10(6)15-8(3)13-7(2)14-15/h4-5H,11H2,1-3H3. The van der Waals surface area contributed by atoms with E-state index < -0.39 is 0 Å². The highest BCUT2D eigenvalue weighted by molar-refractivity contribution is 5.44. The average molecular weight is 203 g/mol. The van der Waals surface area contributed by atoms with Crippen LogP contribution in [-0.2, 0) is 0 Å². The minimum atomic E-state index is 0.658. The fourth-order valence-electron chi connectivity index (χ4n) is 1.53. The Morgan fingerprint density at radius 1 is 1.27 bits per heavy atom. The monoisotopic (exact) mass is 203 g/mol. The molecule has 2 N–H and O–H groups in total. The van der Waals surface area contributed by atoms with E-state index in [-0.39, 0.29) is 0 Å². The lowest BCUT2D eigenvalue weighted by Gasteiger charge is -2.05. The van der Waals surface area contributed by atoms with E-state index >= 15 is 0 Å². The summed E-state index contributed by atoms with van der Waals surface area (Å²) in [5.74, 6) is 2.35. The van der Waals surface area contributed by atoms with E-state index in [4.69, 9.17) is 5.73 Å². The van der Waals surface area contributed by atoms with Crippen LogP contribution in [0.5, 0.6) is 0 Å². The van der Waals surface area contributed by atoms with Crippen LogP contribution in [0.15, 0.2) is 12.3 Å². The van der Waals surface area contributed by atoms with E-state index in [1.807, 2.05) is 26.8 Å². The summed E-state index contributed by atoms with van der Waals surface area (Å²) in [5.41, 5.74) is 7.29. The quantitative estimate of drug-likeness (QED) is 0.755. The molecule has 0 radical (unpaired) electrons. The Morgan fingerprint density at radius 2 is 2.00 bits per heavy atom. The molecule has 0 aliphatic carbocycles. The first-order valence-corrected chi connectivity index (χ1v) is 4.70. The van der Waals surface area contributed by atoms with Crippen LogP contribution >= 0.6 is 0 Å². The predicted octanol–water partition coefficient (Wildman–Crippen LogP) is 1.17. The summed E-state index contributed by atoms with van der Waals surface area (Å²) in [6.45, 7) is 5.71. The number of pyridine rings is 1. The molecule has 15 heavy (non-hydrogen) atoms. The Morgan fingerprint density at radius 3 is 2.53 bits per heavy atom. The molecular weight excluding hydrogens is 190 g/mol. The summed E-state index contributed by atoms with van der Waals surface area (Å²) in [7, 11) is 0. The largest absolute Gasteiger partial charge is 0.397 e. The fourth-order valence-corrected chi connectivity index (χ4v) is 1.53. The topological polar surface area (TPSA) is 69.6 Å². The van der Waals surface area contributed by atoms with Crippen molar-refractivity contribution in [3.63, 3.8) is 0 Å². The highest BCUT2D eigenvalue weighted by Gasteiger charge is 2.08. The Bertz CT molecular complexity index is 501. The van der Waals surface area contributed by atoms with Crippen LogP contribution in [0.3, 0.4) is 0 Å². The van der Waals surface area contributed by atoms with Crippen molar-refractivity contribution in [3.05, 3.63) is 29.5 Å². The molecular formula is C10H13N5. The van der Waals surface area contributed by atoms with Crippen LogP contribution in [-0.4, -0.2) is 19.7 Å². The molecule has 2 rings (SSSR count). The Kier molecular flexibility index (Phi) is 2.15. The van der Waals surface area contributed by atoms with Crippen molar-refractivity contribution in [2.24, 2.45) is 0 Å². The lowest BCUT2D eigenvalue weighted by Crippen LogP contribution is -2.05. The number of aryl methyl sites for hydroxylation is 3. The van der Waals surface area contributed by atoms with Crippen LogP contribution in [0.25, 0.3) is 5.82 Å². The number of nitrogen functional groups attached to an aromatic ring is 1. The van der Waals surface area contributed by atoms with Gasteiger partial charge in [0.25, 0.3) is 0 Å². The van der Waals surface area contributed by atoms with Gasteiger partial charge in [-0.05, 0) is 32.4 Å². The number of anilines is 1. The van der Waals surface area contributed by atoms with Crippen LogP contribution < -0.4 is 5.73 Å². The van der Waals surface area contributed by atoms with Gasteiger partial charge in [-0.3, -0.25) is 0 Å². The number of aromatic nitrogens is 4. The first-order valence-electron chi connectivity index (χ1n) is 4.70. The molecule has 0 amide bonds. The highest BCUT2D eigenvalue weighted by Crippen LogP contribution is 2.14. The number of hydrogen-bond acceptors (Lipinski definition) is 4. The SMILES string of the molecule is Cc1nc(C)n(-c2ncc(N)cc2C)n1. The number of rotatable bonds is 1. The van der Waals surface area contributed by atoms with Crippen molar-refractivity contribution in [2.45, 2.75) is 20.8 Å². The summed E-state index contributed by atoms with van der Waals surface area (Å²) in [6, 6.07) is 1.87. The van der Waals surface area contributed by atoms with Gasteiger partial charge in [-0.1, -0.05) is 0 Å². The van der Waals surface area contributed by atoms with Crippen LogP contribution in [0, 0.1) is 20.8 Å². The Labute approximate surface area is 88.0 Å². The van der Waals surface area contributed by atoms with E-state index in [9.17, 15) is 0 Å². The summed E-state index contributed by atoms with van der Waals surface area (Å²) < 4.78 is 1.73. The van der Waals surface area contributed by atoms with Gasteiger partial charge in [0, 0.05) is 0 Å². The first kappa shape index (κ1) is 9.64. The van der Waals surface area contributed by atoms with Crippen molar-refractivity contribution in [3.8, 4) is 5.82 Å². The van der Waals surface area contributed by atoms with Gasteiger partial charge in [0.15, 0.2) is 5.82 Å². The maximum absolute atomic E-state index is 5.64. The molecule has 5 nitrogen and oxygen atoms in total. The van der Waals surface area contributed by atoms with Crippen molar-refractivity contribution in [1.29, 1.82) is 0 Å². The minimum Gasteiger partial charge on any atom is -0.397 e. The minimum absolute atomic E-state index is 0.658. The van der Waals surface area contributed by atoms with Gasteiger partial charge in [0.05, 0.1) is 11.9 Å². The lowest BCUT2D eigenvalue weighted by molar-refractivity contribution is 0.797. The van der Waals surface area contributed by atoms with E-state index in [1.165, 1.54) is 0 Å². The van der Waals surface area contributed by atoms with Crippen molar-refractivity contribution < 1.29 is 0 Å². The van der Waals surface area contributed by atoms with E-state index in [2.05, 4.69) is 15.1 Å². The Balaban J connectivity index is 2.59. The molecule has 2 aromatic rings. The van der Waals surface area contributed by atoms with Crippen molar-refractivity contribution in [1.82, 2.24) is 19.7 Å². The second-order valence-corrected chi connectivity index (χ2v) is 3.53. The van der Waals surface area contributed by atoms with Gasteiger partial charge in [0.2, 0.25) is 0 Å². The maximum Gasteiger partial charge on any atom is 0.158 e. The van der Waals surface area contributed by atoms with E-state index in [0.29, 0.717) is 5.69 Å². The molecule has 5 heteroatoms. The molecule has 0 aliphatic rings. The molecule has 2 heterocycles. The fraction of sp³-hybridized carbons (Fsp3) is 0.300. The summed E-state index contributed by atoms with van der Waals surface area (Å²) in [4.78, 5) is 8.49. The second kappa shape index (κ2) is 3.34. The average Bonchev–Trinajstić information content (AvgIpc) is 2.45. The van der Waals surface area contributed by atoms with Gasteiger partial charge in [-0.15, -0.1) is 5.10 Å². The zero-order valence-electron chi connectivity index (χ0n) is 9.02. The Hall–Kier alpha value is -1.91. The van der Waals surface area contributed by atoms with Gasteiger partial charge < -0.3 is 5.73 Å². The predicted molar refractivity (Wildman–Crippen MR) is 57.8 cm³/mol. The molecule has 78 valence electrons. The van der Waals surface area contributed by atoms with Gasteiger partial charge in [-0.25, -0.2) is 9.97 Å². The molecule has 0 aromatic carbocycles. The van der Waals surface area contributed by atoms with Gasteiger partial charge >= 0.3 is 0 Å². The normalized spacial score (nSPS) is 10.6. The molecule has 0 fully saturated rings. The van der Waals surface area contributed by atoms with Crippen LogP contribution in [0.2, 0.25) is 0 Å². The molecule has 2 aromatic heterocycles. The third-order valence-corrected chi connectivity index (χ3v) is 2.15. The third kappa shape index (κ3) is 1.68. The van der Waals surface area contributed by atoms with Crippen LogP contribution in [0.4, 0.5) is 5.69 Å². The summed E-state index contributed by atoms with van der Waals surface area (Å²) >= 11 is 0. The zero-order valence-corrected chi connectivity index (χ0v) is 9.02. The molecule has 0 spiro atoms.